The normalized spacial score (nSPS) is 16.0. The molecule has 4 nitrogen and oxygen atoms in total. The number of thioether (sulfide) groups is 1. The predicted molar refractivity (Wildman–Crippen MR) is 93.6 cm³/mol. The number of carbonyl (C=O) groups excluding carboxylic acids is 2. The van der Waals surface area contributed by atoms with E-state index in [4.69, 9.17) is 4.74 Å². The average Bonchev–Trinajstić information content (AvgIpc) is 3.09. The van der Waals surface area contributed by atoms with Crippen molar-refractivity contribution in [3.05, 3.63) is 45.8 Å². The quantitative estimate of drug-likeness (QED) is 0.858. The summed E-state index contributed by atoms with van der Waals surface area (Å²) in [5.74, 6) is -0.484. The van der Waals surface area contributed by atoms with E-state index in [9.17, 15) is 9.59 Å². The third-order valence-corrected chi connectivity index (χ3v) is 6.39. The van der Waals surface area contributed by atoms with Crippen LogP contribution < -0.4 is 5.32 Å². The zero-order valence-corrected chi connectivity index (χ0v) is 14.8. The first-order chi connectivity index (χ1) is 11.0. The van der Waals surface area contributed by atoms with Crippen molar-refractivity contribution in [2.75, 3.05) is 12.4 Å². The summed E-state index contributed by atoms with van der Waals surface area (Å²) in [5.41, 5.74) is 2.52. The van der Waals surface area contributed by atoms with Gasteiger partial charge in [-0.05, 0) is 37.5 Å². The van der Waals surface area contributed by atoms with Gasteiger partial charge in [0, 0.05) is 9.77 Å². The van der Waals surface area contributed by atoms with Gasteiger partial charge in [-0.1, -0.05) is 18.2 Å². The van der Waals surface area contributed by atoms with Crippen molar-refractivity contribution in [2.24, 2.45) is 0 Å². The SMILES string of the molecule is COC(=O)c1c(NC(=O)C2Cc3ccccc3S2)sc(C)c1C. The second-order valence-corrected chi connectivity index (χ2v) is 7.86. The summed E-state index contributed by atoms with van der Waals surface area (Å²) in [6.07, 6.45) is 0.712. The van der Waals surface area contributed by atoms with Crippen LogP contribution in [0.4, 0.5) is 5.00 Å². The molecule has 1 aromatic carbocycles. The molecule has 0 bridgehead atoms. The van der Waals surface area contributed by atoms with E-state index in [1.54, 1.807) is 11.8 Å². The van der Waals surface area contributed by atoms with Crippen LogP contribution in [-0.2, 0) is 16.0 Å². The highest BCUT2D eigenvalue weighted by molar-refractivity contribution is 8.01. The van der Waals surface area contributed by atoms with Crippen LogP contribution in [0.1, 0.15) is 26.4 Å². The van der Waals surface area contributed by atoms with E-state index < -0.39 is 5.97 Å². The number of esters is 1. The fourth-order valence-corrected chi connectivity index (χ4v) is 4.83. The Morgan fingerprint density at radius 1 is 1.26 bits per heavy atom. The van der Waals surface area contributed by atoms with E-state index in [0.29, 0.717) is 17.0 Å². The molecule has 2 heterocycles. The van der Waals surface area contributed by atoms with Crippen LogP contribution >= 0.6 is 23.1 Å². The number of hydrogen-bond acceptors (Lipinski definition) is 5. The number of hydrogen-bond donors (Lipinski definition) is 1. The Labute approximate surface area is 143 Å². The lowest BCUT2D eigenvalue weighted by atomic mass is 10.1. The van der Waals surface area contributed by atoms with Crippen LogP contribution in [0.25, 0.3) is 0 Å². The molecule has 1 unspecified atom stereocenters. The molecule has 23 heavy (non-hydrogen) atoms. The summed E-state index contributed by atoms with van der Waals surface area (Å²) < 4.78 is 4.84. The number of nitrogens with one attached hydrogen (secondary N) is 1. The van der Waals surface area contributed by atoms with Crippen molar-refractivity contribution < 1.29 is 14.3 Å². The molecule has 1 aliphatic heterocycles. The van der Waals surface area contributed by atoms with Gasteiger partial charge in [0.15, 0.2) is 0 Å². The fourth-order valence-electron chi connectivity index (χ4n) is 2.58. The third kappa shape index (κ3) is 3.01. The lowest BCUT2D eigenvalue weighted by Crippen LogP contribution is -2.25. The Morgan fingerprint density at radius 2 is 2.00 bits per heavy atom. The molecule has 1 aromatic heterocycles. The molecule has 0 saturated carbocycles. The van der Waals surface area contributed by atoms with E-state index >= 15 is 0 Å². The highest BCUT2D eigenvalue weighted by Crippen LogP contribution is 2.38. The number of thiophene rings is 1. The zero-order valence-electron chi connectivity index (χ0n) is 13.1. The molecule has 2 aromatic rings. The number of carbonyl (C=O) groups is 2. The third-order valence-electron chi connectivity index (χ3n) is 3.95. The van der Waals surface area contributed by atoms with Crippen molar-refractivity contribution >= 4 is 40.0 Å². The number of anilines is 1. The molecular weight excluding hydrogens is 330 g/mol. The fraction of sp³-hybridized carbons (Fsp3) is 0.294. The van der Waals surface area contributed by atoms with Crippen LogP contribution in [0.2, 0.25) is 0 Å². The largest absolute Gasteiger partial charge is 0.465 e. The van der Waals surface area contributed by atoms with E-state index in [0.717, 1.165) is 15.3 Å². The van der Waals surface area contributed by atoms with Gasteiger partial charge < -0.3 is 10.1 Å². The smallest absolute Gasteiger partial charge is 0.341 e. The van der Waals surface area contributed by atoms with E-state index in [2.05, 4.69) is 11.4 Å². The summed E-state index contributed by atoms with van der Waals surface area (Å²) in [4.78, 5) is 26.7. The second-order valence-electron chi connectivity index (χ2n) is 5.39. The Morgan fingerprint density at radius 3 is 2.70 bits per heavy atom. The maximum absolute atomic E-state index is 12.6. The molecule has 0 fully saturated rings. The maximum atomic E-state index is 12.6. The molecule has 0 saturated heterocycles. The van der Waals surface area contributed by atoms with Crippen LogP contribution in [-0.4, -0.2) is 24.2 Å². The number of benzene rings is 1. The number of methoxy groups -OCH3 is 1. The van der Waals surface area contributed by atoms with Gasteiger partial charge in [0.2, 0.25) is 5.91 Å². The van der Waals surface area contributed by atoms with Crippen LogP contribution in [0.3, 0.4) is 0 Å². The molecule has 1 amide bonds. The van der Waals surface area contributed by atoms with Gasteiger partial charge in [0.05, 0.1) is 17.9 Å². The van der Waals surface area contributed by atoms with Crippen molar-refractivity contribution in [2.45, 2.75) is 30.4 Å². The first-order valence-corrected chi connectivity index (χ1v) is 8.94. The number of ether oxygens (including phenoxy) is 1. The topological polar surface area (TPSA) is 55.4 Å². The first-order valence-electron chi connectivity index (χ1n) is 7.25. The Bertz CT molecular complexity index is 757. The van der Waals surface area contributed by atoms with E-state index in [1.807, 2.05) is 32.0 Å². The summed E-state index contributed by atoms with van der Waals surface area (Å²) in [6, 6.07) is 8.05. The molecule has 0 radical (unpaired) electrons. The minimum Gasteiger partial charge on any atom is -0.465 e. The van der Waals surface area contributed by atoms with Crippen LogP contribution in [0, 0.1) is 13.8 Å². The molecule has 0 aliphatic carbocycles. The summed E-state index contributed by atoms with van der Waals surface area (Å²) >= 11 is 2.98. The van der Waals surface area contributed by atoms with Gasteiger partial charge in [-0.25, -0.2) is 4.79 Å². The molecule has 1 N–H and O–H groups in total. The molecule has 3 rings (SSSR count). The van der Waals surface area contributed by atoms with Crippen molar-refractivity contribution in [1.82, 2.24) is 0 Å². The number of aryl methyl sites for hydroxylation is 1. The maximum Gasteiger partial charge on any atom is 0.341 e. The second kappa shape index (κ2) is 6.37. The van der Waals surface area contributed by atoms with Crippen molar-refractivity contribution in [1.29, 1.82) is 0 Å². The molecule has 6 heteroatoms. The van der Waals surface area contributed by atoms with Gasteiger partial charge >= 0.3 is 5.97 Å². The van der Waals surface area contributed by atoms with Crippen molar-refractivity contribution in [3.8, 4) is 0 Å². The highest BCUT2D eigenvalue weighted by Gasteiger charge is 2.30. The summed E-state index contributed by atoms with van der Waals surface area (Å²) in [5, 5.41) is 3.33. The van der Waals surface area contributed by atoms with Gasteiger partial charge in [-0.15, -0.1) is 23.1 Å². The van der Waals surface area contributed by atoms with E-state index in [-0.39, 0.29) is 11.2 Å². The predicted octanol–water partition coefficient (Wildman–Crippen LogP) is 3.81. The minimum absolute atomic E-state index is 0.0717. The number of rotatable bonds is 3. The van der Waals surface area contributed by atoms with Crippen LogP contribution in [0.5, 0.6) is 0 Å². The Balaban J connectivity index is 1.80. The first kappa shape index (κ1) is 16.1. The molecular formula is C17H17NO3S2. The van der Waals surface area contributed by atoms with Gasteiger partial charge in [-0.3, -0.25) is 4.79 Å². The molecule has 120 valence electrons. The van der Waals surface area contributed by atoms with Crippen LogP contribution in [0.15, 0.2) is 29.2 Å². The average molecular weight is 347 g/mol. The lowest BCUT2D eigenvalue weighted by molar-refractivity contribution is -0.115. The summed E-state index contributed by atoms with van der Waals surface area (Å²) in [7, 11) is 1.35. The molecule has 0 spiro atoms. The molecule has 1 aliphatic rings. The number of fused-ring (bicyclic) bond motifs is 1. The monoisotopic (exact) mass is 347 g/mol. The van der Waals surface area contributed by atoms with Gasteiger partial charge in [0.1, 0.15) is 5.00 Å². The Kier molecular flexibility index (Phi) is 4.46. The zero-order chi connectivity index (χ0) is 16.6. The lowest BCUT2D eigenvalue weighted by Gasteiger charge is -2.10. The van der Waals surface area contributed by atoms with Gasteiger partial charge in [0.25, 0.3) is 0 Å². The highest BCUT2D eigenvalue weighted by atomic mass is 32.2. The summed E-state index contributed by atoms with van der Waals surface area (Å²) in [6.45, 7) is 3.80. The standard InChI is InChI=1S/C17H17NO3S2/c1-9-10(2)22-16(14(9)17(20)21-3)18-15(19)13-8-11-6-4-5-7-12(11)23-13/h4-7,13H,8H2,1-3H3,(H,18,19). The molecule has 1 atom stereocenters. The Hall–Kier alpha value is -1.79. The van der Waals surface area contributed by atoms with Gasteiger partial charge in [-0.2, -0.15) is 0 Å². The van der Waals surface area contributed by atoms with E-state index in [1.165, 1.54) is 24.0 Å². The minimum atomic E-state index is -0.412. The van der Waals surface area contributed by atoms with Crippen molar-refractivity contribution in [3.63, 3.8) is 0 Å². The number of amides is 1.